The summed E-state index contributed by atoms with van der Waals surface area (Å²) in [5, 5.41) is 8.97. The molecule has 0 amide bonds. The van der Waals surface area contributed by atoms with Gasteiger partial charge < -0.3 is 14.6 Å². The van der Waals surface area contributed by atoms with Crippen molar-refractivity contribution in [3.05, 3.63) is 95.1 Å². The van der Waals surface area contributed by atoms with Crippen molar-refractivity contribution >= 4 is 45.3 Å². The number of carboxylic acids is 1. The van der Waals surface area contributed by atoms with Gasteiger partial charge in [-0.05, 0) is 36.8 Å². The number of methoxy groups -OCH3 is 1. The molecule has 3 aromatic rings. The number of nitrogens with zero attached hydrogens (tertiary/aromatic N) is 2. The van der Waals surface area contributed by atoms with E-state index in [9.17, 15) is 14.4 Å². The number of fused-ring (bicyclic) bond motifs is 1. The summed E-state index contributed by atoms with van der Waals surface area (Å²) in [6, 6.07) is 13.6. The number of halogens is 1. The lowest BCUT2D eigenvalue weighted by Crippen LogP contribution is -2.39. The van der Waals surface area contributed by atoms with Crippen LogP contribution in [-0.2, 0) is 14.3 Å². The molecule has 1 unspecified atom stereocenters. The Morgan fingerprint density at radius 2 is 1.97 bits per heavy atom. The van der Waals surface area contributed by atoms with Crippen molar-refractivity contribution < 1.29 is 24.2 Å². The molecule has 174 valence electrons. The number of allylic oxidation sites excluding steroid dienone is 1. The molecule has 0 radical (unpaired) electrons. The standard InChI is InChI=1S/C24H19BrN2O6S/c1-13-20(23(31)32-2)21(14-6-4-3-5-7-14)27-22(30)18(34-24(27)26-13)11-15-10-16(25)8-9-17(15)33-12-19(28)29/h3-11,21H,12H2,1-2H3,(H,28,29)/b18-11-. The van der Waals surface area contributed by atoms with Crippen LogP contribution in [0.3, 0.4) is 0 Å². The third-order valence-corrected chi connectivity index (χ3v) is 6.63. The van der Waals surface area contributed by atoms with Gasteiger partial charge in [-0.15, -0.1) is 0 Å². The Balaban J connectivity index is 1.93. The Hall–Kier alpha value is -3.50. The number of hydrogen-bond donors (Lipinski definition) is 1. The molecule has 34 heavy (non-hydrogen) atoms. The second kappa shape index (κ2) is 9.78. The van der Waals surface area contributed by atoms with Crippen molar-refractivity contribution in [2.75, 3.05) is 13.7 Å². The van der Waals surface area contributed by atoms with E-state index in [1.165, 1.54) is 23.0 Å². The third kappa shape index (κ3) is 4.59. The van der Waals surface area contributed by atoms with Crippen molar-refractivity contribution in [1.29, 1.82) is 0 Å². The summed E-state index contributed by atoms with van der Waals surface area (Å²) in [5.41, 5.74) is 1.71. The molecule has 2 heterocycles. The first-order chi connectivity index (χ1) is 16.3. The topological polar surface area (TPSA) is 107 Å². The number of rotatable bonds is 6. The monoisotopic (exact) mass is 542 g/mol. The molecule has 1 aliphatic rings. The van der Waals surface area contributed by atoms with E-state index < -0.39 is 24.6 Å². The van der Waals surface area contributed by atoms with Crippen molar-refractivity contribution in [2.45, 2.75) is 13.0 Å². The van der Waals surface area contributed by atoms with E-state index in [1.54, 1.807) is 31.2 Å². The number of hydrogen-bond acceptors (Lipinski definition) is 7. The van der Waals surface area contributed by atoms with Gasteiger partial charge in [-0.3, -0.25) is 9.36 Å². The predicted molar refractivity (Wildman–Crippen MR) is 129 cm³/mol. The highest BCUT2D eigenvalue weighted by Gasteiger charge is 2.32. The summed E-state index contributed by atoms with van der Waals surface area (Å²) in [7, 11) is 1.29. The van der Waals surface area contributed by atoms with Crippen LogP contribution < -0.4 is 19.6 Å². The molecular weight excluding hydrogens is 524 g/mol. The molecule has 1 aromatic heterocycles. The molecule has 0 saturated carbocycles. The van der Waals surface area contributed by atoms with Gasteiger partial charge in [-0.2, -0.15) is 0 Å². The van der Waals surface area contributed by atoms with Gasteiger partial charge in [0.25, 0.3) is 5.56 Å². The smallest absolute Gasteiger partial charge is 0.341 e. The quantitative estimate of drug-likeness (QED) is 0.480. The molecule has 0 fully saturated rings. The van der Waals surface area contributed by atoms with Crippen molar-refractivity contribution in [1.82, 2.24) is 4.57 Å². The molecule has 0 bridgehead atoms. The number of aliphatic carboxylic acids is 1. The van der Waals surface area contributed by atoms with Crippen LogP contribution in [0, 0.1) is 0 Å². The lowest BCUT2D eigenvalue weighted by molar-refractivity contribution is -0.139. The highest BCUT2D eigenvalue weighted by Crippen LogP contribution is 2.30. The Labute approximate surface area is 206 Å². The van der Waals surface area contributed by atoms with E-state index in [2.05, 4.69) is 20.9 Å². The van der Waals surface area contributed by atoms with E-state index in [0.717, 1.165) is 10.0 Å². The molecule has 8 nitrogen and oxygen atoms in total. The average molecular weight is 543 g/mol. The number of aromatic nitrogens is 1. The zero-order valence-electron chi connectivity index (χ0n) is 18.1. The van der Waals surface area contributed by atoms with Crippen LogP contribution in [0.25, 0.3) is 6.08 Å². The summed E-state index contributed by atoms with van der Waals surface area (Å²) in [5.74, 6) is -1.34. The minimum atomic E-state index is -1.11. The van der Waals surface area contributed by atoms with Gasteiger partial charge in [0.15, 0.2) is 11.4 Å². The number of ether oxygens (including phenoxy) is 2. The molecule has 0 aliphatic carbocycles. The maximum Gasteiger partial charge on any atom is 0.341 e. The van der Waals surface area contributed by atoms with E-state index in [-0.39, 0.29) is 5.56 Å². The van der Waals surface area contributed by atoms with Gasteiger partial charge >= 0.3 is 11.9 Å². The van der Waals surface area contributed by atoms with Gasteiger partial charge in [-0.25, -0.2) is 14.6 Å². The van der Waals surface area contributed by atoms with E-state index in [1.807, 2.05) is 30.3 Å². The Bertz CT molecular complexity index is 1490. The fourth-order valence-electron chi connectivity index (χ4n) is 3.69. The second-order valence-electron chi connectivity index (χ2n) is 7.35. The molecule has 2 aromatic carbocycles. The van der Waals surface area contributed by atoms with Gasteiger partial charge in [0.2, 0.25) is 0 Å². The van der Waals surface area contributed by atoms with Crippen LogP contribution in [-0.4, -0.2) is 35.3 Å². The van der Waals surface area contributed by atoms with Crippen LogP contribution in [0.5, 0.6) is 5.75 Å². The summed E-state index contributed by atoms with van der Waals surface area (Å²) < 4.78 is 13.0. The summed E-state index contributed by atoms with van der Waals surface area (Å²) >= 11 is 4.57. The molecule has 10 heteroatoms. The zero-order valence-corrected chi connectivity index (χ0v) is 20.6. The Morgan fingerprint density at radius 3 is 2.65 bits per heavy atom. The first-order valence-electron chi connectivity index (χ1n) is 10.1. The van der Waals surface area contributed by atoms with E-state index in [4.69, 9.17) is 14.6 Å². The van der Waals surface area contributed by atoms with Crippen LogP contribution in [0.2, 0.25) is 0 Å². The van der Waals surface area contributed by atoms with Crippen LogP contribution >= 0.6 is 27.3 Å². The Kier molecular flexibility index (Phi) is 6.80. The van der Waals surface area contributed by atoms with Crippen molar-refractivity contribution in [3.8, 4) is 5.75 Å². The molecule has 0 spiro atoms. The maximum absolute atomic E-state index is 13.6. The normalized spacial score (nSPS) is 15.5. The number of carbonyl (C=O) groups excluding carboxylic acids is 1. The van der Waals surface area contributed by atoms with Gasteiger partial charge in [0.05, 0.1) is 29.0 Å². The zero-order chi connectivity index (χ0) is 24.4. The van der Waals surface area contributed by atoms with Gasteiger partial charge in [0, 0.05) is 10.0 Å². The fraction of sp³-hybridized carbons (Fsp3) is 0.167. The van der Waals surface area contributed by atoms with Crippen LogP contribution in [0.4, 0.5) is 0 Å². The van der Waals surface area contributed by atoms with Crippen molar-refractivity contribution in [3.63, 3.8) is 0 Å². The second-order valence-corrected chi connectivity index (χ2v) is 9.27. The minimum absolute atomic E-state index is 0.292. The minimum Gasteiger partial charge on any atom is -0.481 e. The molecule has 1 N–H and O–H groups in total. The lowest BCUT2D eigenvalue weighted by atomic mass is 9.96. The summed E-state index contributed by atoms with van der Waals surface area (Å²) in [6.45, 7) is 1.20. The number of thiazole rings is 1. The largest absolute Gasteiger partial charge is 0.481 e. The Morgan fingerprint density at radius 1 is 1.24 bits per heavy atom. The number of esters is 1. The molecule has 4 rings (SSSR count). The number of carbonyl (C=O) groups is 2. The van der Waals surface area contributed by atoms with Crippen LogP contribution in [0.1, 0.15) is 24.1 Å². The fourth-order valence-corrected chi connectivity index (χ4v) is 5.10. The van der Waals surface area contributed by atoms with Crippen LogP contribution in [0.15, 0.2) is 74.1 Å². The molecule has 1 aliphatic heterocycles. The predicted octanol–water partition coefficient (Wildman–Crippen LogP) is 2.63. The third-order valence-electron chi connectivity index (χ3n) is 5.15. The number of carboxylic acid groups (broad SMARTS) is 1. The van der Waals surface area contributed by atoms with Gasteiger partial charge in [-0.1, -0.05) is 57.6 Å². The van der Waals surface area contributed by atoms with Crippen molar-refractivity contribution in [2.24, 2.45) is 4.99 Å². The van der Waals surface area contributed by atoms with E-state index >= 15 is 0 Å². The first kappa shape index (κ1) is 23.7. The highest BCUT2D eigenvalue weighted by molar-refractivity contribution is 9.10. The van der Waals surface area contributed by atoms with Gasteiger partial charge in [0.1, 0.15) is 5.75 Å². The average Bonchev–Trinajstić information content (AvgIpc) is 3.12. The summed E-state index contributed by atoms with van der Waals surface area (Å²) in [4.78, 5) is 42.2. The first-order valence-corrected chi connectivity index (χ1v) is 11.7. The summed E-state index contributed by atoms with van der Waals surface area (Å²) in [6.07, 6.45) is 1.63. The highest BCUT2D eigenvalue weighted by atomic mass is 79.9. The number of benzene rings is 2. The lowest BCUT2D eigenvalue weighted by Gasteiger charge is -2.24. The SMILES string of the molecule is COC(=O)C1=C(C)N=c2s/c(=C\c3cc(Br)ccc3OCC(=O)O)c(=O)n2C1c1ccccc1. The van der Waals surface area contributed by atoms with E-state index in [0.29, 0.717) is 31.9 Å². The molecular formula is C24H19BrN2O6S. The molecule has 1 atom stereocenters. The maximum atomic E-state index is 13.6. The molecule has 0 saturated heterocycles.